The zero-order chi connectivity index (χ0) is 12.4. The van der Waals surface area contributed by atoms with Gasteiger partial charge in [0.15, 0.2) is 0 Å². The van der Waals surface area contributed by atoms with Crippen molar-refractivity contribution in [3.63, 3.8) is 0 Å². The molecule has 3 nitrogen and oxygen atoms in total. The molecule has 1 aromatic carbocycles. The van der Waals surface area contributed by atoms with Crippen LogP contribution in [0.5, 0.6) is 0 Å². The fourth-order valence-corrected chi connectivity index (χ4v) is 1.71. The van der Waals surface area contributed by atoms with E-state index >= 15 is 0 Å². The maximum atomic E-state index is 13.4. The topological polar surface area (TPSA) is 54.7 Å². The molecule has 0 saturated carbocycles. The lowest BCUT2D eigenvalue weighted by Gasteiger charge is -2.00. The number of halogens is 1. The highest BCUT2D eigenvalue weighted by atomic mass is 19.1. The summed E-state index contributed by atoms with van der Waals surface area (Å²) in [5.74, 6) is -0.209. The molecule has 0 bridgehead atoms. The van der Waals surface area contributed by atoms with E-state index in [1.54, 1.807) is 13.0 Å². The van der Waals surface area contributed by atoms with Gasteiger partial charge in [-0.05, 0) is 31.5 Å². The molecule has 1 unspecified atom stereocenters. The molecule has 4 heteroatoms. The molecule has 2 rings (SSSR count). The number of nitrogens with two attached hydrogens (primary N) is 1. The Morgan fingerprint density at radius 3 is 2.82 bits per heavy atom. The first-order valence-electron chi connectivity index (χ1n) is 5.62. The standard InChI is InChI=1S/C13H16FN3/c1-8-3-4-10(6-12(8)14)13-7-11(16-17-13)5-9(2)15/h3-4,6-7,9H,5,15H2,1-2H3,(H,16,17). The Bertz CT molecular complexity index is 517. The highest BCUT2D eigenvalue weighted by Crippen LogP contribution is 2.20. The predicted octanol–water partition coefficient (Wildman–Crippen LogP) is 2.41. The van der Waals surface area contributed by atoms with Gasteiger partial charge in [-0.1, -0.05) is 12.1 Å². The summed E-state index contributed by atoms with van der Waals surface area (Å²) in [4.78, 5) is 0. The first-order valence-corrected chi connectivity index (χ1v) is 5.62. The van der Waals surface area contributed by atoms with Crippen LogP contribution < -0.4 is 5.73 Å². The zero-order valence-corrected chi connectivity index (χ0v) is 10.00. The monoisotopic (exact) mass is 233 g/mol. The highest BCUT2D eigenvalue weighted by molar-refractivity contribution is 5.59. The molecule has 0 fully saturated rings. The van der Waals surface area contributed by atoms with Gasteiger partial charge in [0.05, 0.1) is 5.69 Å². The third-order valence-corrected chi connectivity index (χ3v) is 2.64. The van der Waals surface area contributed by atoms with Crippen LogP contribution in [0.4, 0.5) is 4.39 Å². The summed E-state index contributed by atoms with van der Waals surface area (Å²) in [7, 11) is 0. The molecule has 1 atom stereocenters. The van der Waals surface area contributed by atoms with Crippen molar-refractivity contribution < 1.29 is 4.39 Å². The van der Waals surface area contributed by atoms with E-state index in [-0.39, 0.29) is 11.9 Å². The molecule has 17 heavy (non-hydrogen) atoms. The van der Waals surface area contributed by atoms with Gasteiger partial charge in [-0.2, -0.15) is 5.10 Å². The second-order valence-electron chi connectivity index (χ2n) is 4.42. The fourth-order valence-electron chi connectivity index (χ4n) is 1.71. The van der Waals surface area contributed by atoms with Crippen molar-refractivity contribution in [2.75, 3.05) is 0 Å². The smallest absolute Gasteiger partial charge is 0.126 e. The Labute approximate surface area is 99.9 Å². The van der Waals surface area contributed by atoms with Crippen molar-refractivity contribution in [1.29, 1.82) is 0 Å². The minimum Gasteiger partial charge on any atom is -0.328 e. The lowest BCUT2D eigenvalue weighted by molar-refractivity contribution is 0.619. The van der Waals surface area contributed by atoms with Crippen molar-refractivity contribution in [2.24, 2.45) is 5.73 Å². The SMILES string of the molecule is Cc1ccc(-c2cc(CC(C)N)[nH]n2)cc1F. The lowest BCUT2D eigenvalue weighted by atomic mass is 10.1. The molecule has 0 spiro atoms. The number of benzene rings is 1. The Balaban J connectivity index is 2.27. The van der Waals surface area contributed by atoms with Crippen LogP contribution in [0.3, 0.4) is 0 Å². The van der Waals surface area contributed by atoms with Crippen LogP contribution in [0, 0.1) is 12.7 Å². The number of aryl methyl sites for hydroxylation is 1. The van der Waals surface area contributed by atoms with Gasteiger partial charge < -0.3 is 5.73 Å². The predicted molar refractivity (Wildman–Crippen MR) is 66.1 cm³/mol. The summed E-state index contributed by atoms with van der Waals surface area (Å²) in [5, 5.41) is 7.08. The first-order chi connectivity index (χ1) is 8.06. The number of hydrogen-bond acceptors (Lipinski definition) is 2. The summed E-state index contributed by atoms with van der Waals surface area (Å²) >= 11 is 0. The van der Waals surface area contributed by atoms with Crippen LogP contribution in [0.25, 0.3) is 11.3 Å². The van der Waals surface area contributed by atoms with Crippen molar-refractivity contribution in [1.82, 2.24) is 10.2 Å². The molecule has 1 aromatic heterocycles. The van der Waals surface area contributed by atoms with Crippen LogP contribution in [0.2, 0.25) is 0 Å². The molecule has 90 valence electrons. The van der Waals surface area contributed by atoms with Gasteiger partial charge >= 0.3 is 0 Å². The molecule has 3 N–H and O–H groups in total. The van der Waals surface area contributed by atoms with Gasteiger partial charge in [0, 0.05) is 23.7 Å². The third kappa shape index (κ3) is 2.71. The lowest BCUT2D eigenvalue weighted by Crippen LogP contribution is -2.17. The van der Waals surface area contributed by atoms with E-state index in [9.17, 15) is 4.39 Å². The minimum atomic E-state index is -0.209. The largest absolute Gasteiger partial charge is 0.328 e. The minimum absolute atomic E-state index is 0.0815. The van der Waals surface area contributed by atoms with E-state index in [1.807, 2.05) is 19.1 Å². The molecule has 0 radical (unpaired) electrons. The van der Waals surface area contributed by atoms with Gasteiger partial charge in [0.25, 0.3) is 0 Å². The third-order valence-electron chi connectivity index (χ3n) is 2.64. The summed E-state index contributed by atoms with van der Waals surface area (Å²) in [5.41, 5.74) is 8.84. The number of aromatic amines is 1. The van der Waals surface area contributed by atoms with Gasteiger partial charge in [-0.3, -0.25) is 5.10 Å². The van der Waals surface area contributed by atoms with Gasteiger partial charge in [-0.15, -0.1) is 0 Å². The van der Waals surface area contributed by atoms with Crippen molar-refractivity contribution in [3.05, 3.63) is 41.3 Å². The van der Waals surface area contributed by atoms with Crippen LogP contribution in [-0.2, 0) is 6.42 Å². The molecular formula is C13H16FN3. The van der Waals surface area contributed by atoms with Crippen LogP contribution in [-0.4, -0.2) is 16.2 Å². The number of nitrogens with one attached hydrogen (secondary N) is 1. The average molecular weight is 233 g/mol. The molecule has 0 aliphatic carbocycles. The summed E-state index contributed by atoms with van der Waals surface area (Å²) in [6, 6.07) is 7.11. The second kappa shape index (κ2) is 4.67. The number of H-pyrrole nitrogens is 1. The van der Waals surface area contributed by atoms with E-state index in [0.29, 0.717) is 5.56 Å². The number of aromatic nitrogens is 2. The van der Waals surface area contributed by atoms with Gasteiger partial charge in [-0.25, -0.2) is 4.39 Å². The average Bonchev–Trinajstić information content (AvgIpc) is 2.69. The van der Waals surface area contributed by atoms with E-state index < -0.39 is 0 Å². The Hall–Kier alpha value is -1.68. The Morgan fingerprint density at radius 2 is 2.18 bits per heavy atom. The molecule has 0 aliphatic heterocycles. The van der Waals surface area contributed by atoms with Crippen LogP contribution >= 0.6 is 0 Å². The molecule has 0 saturated heterocycles. The highest BCUT2D eigenvalue weighted by Gasteiger charge is 2.07. The first kappa shape index (κ1) is 11.8. The zero-order valence-electron chi connectivity index (χ0n) is 10.00. The van der Waals surface area contributed by atoms with Crippen LogP contribution in [0.15, 0.2) is 24.3 Å². The number of hydrogen-bond donors (Lipinski definition) is 2. The molecular weight excluding hydrogens is 217 g/mol. The number of nitrogens with zero attached hydrogens (tertiary/aromatic N) is 1. The van der Waals surface area contributed by atoms with Crippen molar-refractivity contribution in [3.8, 4) is 11.3 Å². The van der Waals surface area contributed by atoms with Gasteiger partial charge in [0.2, 0.25) is 0 Å². The quantitative estimate of drug-likeness (QED) is 0.855. The van der Waals surface area contributed by atoms with E-state index in [2.05, 4.69) is 10.2 Å². The van der Waals surface area contributed by atoms with Crippen LogP contribution in [0.1, 0.15) is 18.2 Å². The van der Waals surface area contributed by atoms with Crippen molar-refractivity contribution in [2.45, 2.75) is 26.3 Å². The summed E-state index contributed by atoms with van der Waals surface area (Å²) < 4.78 is 13.4. The molecule has 0 aliphatic rings. The second-order valence-corrected chi connectivity index (χ2v) is 4.42. The van der Waals surface area contributed by atoms with Crippen molar-refractivity contribution >= 4 is 0 Å². The summed E-state index contributed by atoms with van der Waals surface area (Å²) in [6.07, 6.45) is 0.737. The molecule has 1 heterocycles. The normalized spacial score (nSPS) is 12.7. The Kier molecular flexibility index (Phi) is 3.24. The fraction of sp³-hybridized carbons (Fsp3) is 0.308. The van der Waals surface area contributed by atoms with E-state index in [1.165, 1.54) is 6.07 Å². The maximum absolute atomic E-state index is 13.4. The number of rotatable bonds is 3. The molecule has 2 aromatic rings. The van der Waals surface area contributed by atoms with E-state index in [4.69, 9.17) is 5.73 Å². The Morgan fingerprint density at radius 1 is 1.41 bits per heavy atom. The molecule has 0 amide bonds. The van der Waals surface area contributed by atoms with E-state index in [0.717, 1.165) is 23.4 Å². The summed E-state index contributed by atoms with van der Waals surface area (Å²) in [6.45, 7) is 3.68. The van der Waals surface area contributed by atoms with Gasteiger partial charge in [0.1, 0.15) is 5.82 Å². The maximum Gasteiger partial charge on any atom is 0.126 e.